The van der Waals surface area contributed by atoms with Crippen molar-refractivity contribution in [3.8, 4) is 0 Å². The molecule has 0 saturated carbocycles. The van der Waals surface area contributed by atoms with Gasteiger partial charge in [0.2, 0.25) is 0 Å². The Hall–Kier alpha value is -3.52. The van der Waals surface area contributed by atoms with Crippen LogP contribution in [0.25, 0.3) is 0 Å². The van der Waals surface area contributed by atoms with Crippen molar-refractivity contribution in [3.63, 3.8) is 0 Å². The summed E-state index contributed by atoms with van der Waals surface area (Å²) >= 11 is 0. The van der Waals surface area contributed by atoms with E-state index in [1.54, 1.807) is 0 Å². The van der Waals surface area contributed by atoms with E-state index in [-0.39, 0.29) is 26.1 Å². The van der Waals surface area contributed by atoms with E-state index in [9.17, 15) is 28.8 Å². The molecule has 1 saturated heterocycles. The van der Waals surface area contributed by atoms with Crippen molar-refractivity contribution < 1.29 is 66.7 Å². The lowest BCUT2D eigenvalue weighted by Crippen LogP contribution is -2.63. The summed E-state index contributed by atoms with van der Waals surface area (Å²) in [4.78, 5) is 74.4. The van der Waals surface area contributed by atoms with Gasteiger partial charge in [-0.3, -0.25) is 28.8 Å². The topological polar surface area (TPSA) is 176 Å². The number of rotatable bonds is 38. The maximum Gasteiger partial charge on any atom is 0.306 e. The second kappa shape index (κ2) is 37.8. The first kappa shape index (κ1) is 57.5. The minimum Gasteiger partial charge on any atom is -0.463 e. The Morgan fingerprint density at radius 3 is 1.40 bits per heavy atom. The lowest BCUT2D eigenvalue weighted by molar-refractivity contribution is -0.311. The molecule has 364 valence electrons. The SMILES string of the molecule is CCCCCCC=CCCCCCCCC(=O)OC(COC(=O)CCCCCCCCCCCCCCC)COC1OC(COC(C)=O)C(OC(C)=O)C(OC(C)=O)C1OC(C)=O. The van der Waals surface area contributed by atoms with E-state index >= 15 is 0 Å². The van der Waals surface area contributed by atoms with Crippen LogP contribution in [0.15, 0.2) is 12.2 Å². The van der Waals surface area contributed by atoms with Crippen LogP contribution in [-0.4, -0.2) is 92.4 Å². The van der Waals surface area contributed by atoms with Gasteiger partial charge in [-0.25, -0.2) is 0 Å². The molecule has 0 bridgehead atoms. The Kier molecular flexibility index (Phi) is 34.5. The normalized spacial score (nSPS) is 19.0. The average molecular weight is 897 g/mol. The molecule has 6 atom stereocenters. The monoisotopic (exact) mass is 897 g/mol. The van der Waals surface area contributed by atoms with E-state index < -0.39 is 79.2 Å². The summed E-state index contributed by atoms with van der Waals surface area (Å²) in [7, 11) is 0. The minimum absolute atomic E-state index is 0.153. The first-order valence-corrected chi connectivity index (χ1v) is 24.3. The van der Waals surface area contributed by atoms with Crippen LogP contribution in [0.3, 0.4) is 0 Å². The van der Waals surface area contributed by atoms with Gasteiger partial charge in [0.1, 0.15) is 19.3 Å². The highest BCUT2D eigenvalue weighted by Gasteiger charge is 2.53. The van der Waals surface area contributed by atoms with E-state index in [1.807, 2.05) is 0 Å². The van der Waals surface area contributed by atoms with Crippen molar-refractivity contribution in [1.29, 1.82) is 0 Å². The zero-order valence-electron chi connectivity index (χ0n) is 39.8. The summed E-state index contributed by atoms with van der Waals surface area (Å²) in [6.45, 7) is 7.90. The highest BCUT2D eigenvalue weighted by Crippen LogP contribution is 2.30. The van der Waals surface area contributed by atoms with Crippen LogP contribution in [0.5, 0.6) is 0 Å². The summed E-state index contributed by atoms with van der Waals surface area (Å²) in [6.07, 6.45) is 24.1. The maximum absolute atomic E-state index is 13.1. The third-order valence-corrected chi connectivity index (χ3v) is 10.8. The van der Waals surface area contributed by atoms with Crippen LogP contribution in [0.2, 0.25) is 0 Å². The fraction of sp³-hybridized carbons (Fsp3) is 0.837. The van der Waals surface area contributed by atoms with Gasteiger partial charge in [0.25, 0.3) is 0 Å². The summed E-state index contributed by atoms with van der Waals surface area (Å²) in [5, 5.41) is 0. The molecular weight excluding hydrogens is 813 g/mol. The zero-order valence-corrected chi connectivity index (χ0v) is 39.8. The number of carbonyl (C=O) groups excluding carboxylic acids is 6. The molecule has 0 N–H and O–H groups in total. The van der Waals surface area contributed by atoms with Gasteiger partial charge in [0.05, 0.1) is 6.61 Å². The number of esters is 6. The van der Waals surface area contributed by atoms with E-state index in [0.717, 1.165) is 78.6 Å². The molecule has 0 spiro atoms. The van der Waals surface area contributed by atoms with Crippen LogP contribution in [0, 0.1) is 0 Å². The number of carbonyl (C=O) groups is 6. The number of hydrogen-bond acceptors (Lipinski definition) is 14. The fourth-order valence-corrected chi connectivity index (χ4v) is 7.42. The fourth-order valence-electron chi connectivity index (χ4n) is 7.42. The van der Waals surface area contributed by atoms with Crippen molar-refractivity contribution in [2.24, 2.45) is 0 Å². The van der Waals surface area contributed by atoms with Gasteiger partial charge in [-0.15, -0.1) is 0 Å². The Morgan fingerprint density at radius 1 is 0.476 bits per heavy atom. The number of ether oxygens (including phenoxy) is 8. The molecule has 0 radical (unpaired) electrons. The van der Waals surface area contributed by atoms with Gasteiger partial charge < -0.3 is 37.9 Å². The van der Waals surface area contributed by atoms with E-state index in [1.165, 1.54) is 90.4 Å². The quantitative estimate of drug-likeness (QED) is 0.0248. The molecule has 1 aliphatic rings. The van der Waals surface area contributed by atoms with Gasteiger partial charge in [-0.05, 0) is 38.5 Å². The van der Waals surface area contributed by atoms with Crippen molar-refractivity contribution in [2.75, 3.05) is 19.8 Å². The molecule has 63 heavy (non-hydrogen) atoms. The average Bonchev–Trinajstić information content (AvgIpc) is 3.22. The van der Waals surface area contributed by atoms with Crippen LogP contribution in [-0.2, 0) is 66.7 Å². The summed E-state index contributed by atoms with van der Waals surface area (Å²) in [5.41, 5.74) is 0. The van der Waals surface area contributed by atoms with Gasteiger partial charge >= 0.3 is 35.8 Å². The highest BCUT2D eigenvalue weighted by atomic mass is 16.7. The van der Waals surface area contributed by atoms with Gasteiger partial charge in [0, 0.05) is 40.5 Å². The zero-order chi connectivity index (χ0) is 46.5. The van der Waals surface area contributed by atoms with Crippen LogP contribution in [0.1, 0.15) is 208 Å². The lowest BCUT2D eigenvalue weighted by atomic mass is 9.98. The van der Waals surface area contributed by atoms with Gasteiger partial charge in [-0.1, -0.05) is 142 Å². The molecule has 0 aromatic heterocycles. The van der Waals surface area contributed by atoms with Crippen molar-refractivity contribution in [1.82, 2.24) is 0 Å². The Labute approximate surface area is 378 Å². The molecule has 0 aliphatic carbocycles. The van der Waals surface area contributed by atoms with Crippen molar-refractivity contribution >= 4 is 35.8 Å². The van der Waals surface area contributed by atoms with Crippen LogP contribution in [0.4, 0.5) is 0 Å². The molecular formula is C49H84O14. The van der Waals surface area contributed by atoms with E-state index in [0.29, 0.717) is 12.8 Å². The summed E-state index contributed by atoms with van der Waals surface area (Å²) in [6, 6.07) is 0. The third kappa shape index (κ3) is 31.1. The second-order valence-corrected chi connectivity index (χ2v) is 16.8. The predicted molar refractivity (Wildman–Crippen MR) is 239 cm³/mol. The van der Waals surface area contributed by atoms with E-state index in [2.05, 4.69) is 26.0 Å². The summed E-state index contributed by atoms with van der Waals surface area (Å²) < 4.78 is 45.0. The van der Waals surface area contributed by atoms with E-state index in [4.69, 9.17) is 37.9 Å². The molecule has 1 rings (SSSR count). The summed E-state index contributed by atoms with van der Waals surface area (Å²) in [5.74, 6) is -3.91. The molecule has 1 fully saturated rings. The molecule has 14 heteroatoms. The molecule has 0 aromatic rings. The number of hydrogen-bond donors (Lipinski definition) is 0. The molecule has 0 aromatic carbocycles. The predicted octanol–water partition coefficient (Wildman–Crippen LogP) is 10.3. The number of allylic oxidation sites excluding steroid dienone is 2. The second-order valence-electron chi connectivity index (χ2n) is 16.8. The maximum atomic E-state index is 13.1. The minimum atomic E-state index is -1.48. The Balaban J connectivity index is 2.87. The van der Waals surface area contributed by atoms with Gasteiger partial charge in [0.15, 0.2) is 30.7 Å². The van der Waals surface area contributed by atoms with Crippen LogP contribution >= 0.6 is 0 Å². The standard InChI is InChI=1S/C49H84O14/c1-7-9-11-13-15-17-19-21-23-25-27-29-31-33-44(54)57-35-42(62-45(55)34-32-30-28-26-24-22-20-18-16-14-12-10-8-2)36-58-49-48(61-41(6)53)47(60-40(5)52)46(59-39(4)51)43(63-49)37-56-38(3)50/h18,20,42-43,46-49H,7-17,19,21-37H2,1-6H3. The Bertz CT molecular complexity index is 1280. The first-order chi connectivity index (χ1) is 30.4. The van der Waals surface area contributed by atoms with Gasteiger partial charge in [-0.2, -0.15) is 0 Å². The third-order valence-electron chi connectivity index (χ3n) is 10.8. The van der Waals surface area contributed by atoms with Crippen molar-refractivity contribution in [2.45, 2.75) is 245 Å². The van der Waals surface area contributed by atoms with Crippen LogP contribution < -0.4 is 0 Å². The smallest absolute Gasteiger partial charge is 0.306 e. The molecule has 1 aliphatic heterocycles. The molecule has 6 unspecified atom stereocenters. The highest BCUT2D eigenvalue weighted by molar-refractivity contribution is 5.70. The Morgan fingerprint density at radius 2 is 0.905 bits per heavy atom. The lowest BCUT2D eigenvalue weighted by Gasteiger charge is -2.44. The molecule has 0 amide bonds. The molecule has 1 heterocycles. The first-order valence-electron chi connectivity index (χ1n) is 24.3. The number of unbranched alkanes of at least 4 members (excludes halogenated alkanes) is 21. The van der Waals surface area contributed by atoms with Crippen molar-refractivity contribution in [3.05, 3.63) is 12.2 Å². The molecule has 14 nitrogen and oxygen atoms in total. The largest absolute Gasteiger partial charge is 0.463 e.